The Hall–Kier alpha value is -2.51. The van der Waals surface area contributed by atoms with Crippen molar-refractivity contribution in [3.63, 3.8) is 0 Å². The molecule has 4 aromatic heterocycles. The first-order chi connectivity index (χ1) is 15.6. The second-order valence-corrected chi connectivity index (χ2v) is 9.42. The quantitative estimate of drug-likeness (QED) is 0.184. The second-order valence-electron chi connectivity index (χ2n) is 7.56. The van der Waals surface area contributed by atoms with Crippen molar-refractivity contribution in [1.29, 1.82) is 0 Å². The van der Waals surface area contributed by atoms with Gasteiger partial charge in [0.05, 0.1) is 17.0 Å². The number of esters is 1. The molecule has 0 bridgehead atoms. The van der Waals surface area contributed by atoms with Gasteiger partial charge in [-0.3, -0.25) is 9.78 Å². The third kappa shape index (κ3) is 4.79. The minimum atomic E-state index is -0.129. The van der Waals surface area contributed by atoms with Crippen LogP contribution in [0.1, 0.15) is 44.4 Å². The fourth-order valence-corrected chi connectivity index (χ4v) is 5.11. The van der Waals surface area contributed by atoms with Crippen LogP contribution in [0, 0.1) is 0 Å². The van der Waals surface area contributed by atoms with Crippen LogP contribution in [0.15, 0.2) is 52.6 Å². The van der Waals surface area contributed by atoms with Gasteiger partial charge in [-0.25, -0.2) is 4.52 Å². The highest BCUT2D eigenvalue weighted by molar-refractivity contribution is 9.10. The molecule has 5 nitrogen and oxygen atoms in total. The number of fused-ring (bicyclic) bond motifs is 1. The second kappa shape index (κ2) is 10.4. The fourth-order valence-electron chi connectivity index (χ4n) is 4.01. The van der Waals surface area contributed by atoms with Crippen molar-refractivity contribution in [2.75, 3.05) is 6.61 Å². The lowest BCUT2D eigenvalue weighted by Gasteiger charge is -2.17. The lowest BCUT2D eigenvalue weighted by atomic mass is 9.94. The average Bonchev–Trinajstić information content (AvgIpc) is 3.46. The number of aryl methyl sites for hydroxylation is 1. The van der Waals surface area contributed by atoms with Gasteiger partial charge >= 0.3 is 5.97 Å². The molecular formula is C25H26BrN3O2S. The summed E-state index contributed by atoms with van der Waals surface area (Å²) in [5.41, 5.74) is 6.69. The maximum atomic E-state index is 11.8. The van der Waals surface area contributed by atoms with Gasteiger partial charge in [0.25, 0.3) is 0 Å². The minimum absolute atomic E-state index is 0.129. The number of pyridine rings is 1. The lowest BCUT2D eigenvalue weighted by Crippen LogP contribution is -2.07. The summed E-state index contributed by atoms with van der Waals surface area (Å²) in [6.07, 6.45) is 7.55. The van der Waals surface area contributed by atoms with E-state index in [9.17, 15) is 4.79 Å². The highest BCUT2D eigenvalue weighted by Gasteiger charge is 2.20. The molecule has 0 spiro atoms. The van der Waals surface area contributed by atoms with E-state index in [0.29, 0.717) is 13.0 Å². The van der Waals surface area contributed by atoms with E-state index in [1.165, 1.54) is 11.3 Å². The summed E-state index contributed by atoms with van der Waals surface area (Å²) in [7, 11) is 0. The van der Waals surface area contributed by atoms with Crippen LogP contribution < -0.4 is 0 Å². The van der Waals surface area contributed by atoms with Crippen molar-refractivity contribution in [3.8, 4) is 21.7 Å². The van der Waals surface area contributed by atoms with Crippen LogP contribution in [-0.4, -0.2) is 27.2 Å². The first-order valence-electron chi connectivity index (χ1n) is 11.0. The topological polar surface area (TPSA) is 56.5 Å². The predicted molar refractivity (Wildman–Crippen MR) is 133 cm³/mol. The van der Waals surface area contributed by atoms with Gasteiger partial charge in [0.2, 0.25) is 0 Å². The van der Waals surface area contributed by atoms with Crippen molar-refractivity contribution >= 4 is 38.8 Å². The summed E-state index contributed by atoms with van der Waals surface area (Å²) in [6.45, 7) is 4.42. The standard InChI is InChI=1S/C25H26BrN3O2S/c1-3-19-11-12-21-24(17-14-18(26)16-27-15-17)20(8-5-6-10-23(30)31-4-2)25(28-29(19)21)22-9-7-13-32-22/h7,9,11-16H,3-6,8,10H2,1-2H3. The van der Waals surface area contributed by atoms with Gasteiger partial charge < -0.3 is 4.74 Å². The van der Waals surface area contributed by atoms with Crippen molar-refractivity contribution in [1.82, 2.24) is 14.6 Å². The van der Waals surface area contributed by atoms with E-state index in [2.05, 4.69) is 68.1 Å². The molecule has 0 aromatic carbocycles. The Balaban J connectivity index is 1.84. The van der Waals surface area contributed by atoms with Crippen LogP contribution in [-0.2, 0) is 22.4 Å². The molecule has 166 valence electrons. The van der Waals surface area contributed by atoms with Crippen molar-refractivity contribution in [3.05, 3.63) is 63.8 Å². The molecule has 0 unspecified atom stereocenters. The van der Waals surface area contributed by atoms with Crippen molar-refractivity contribution in [2.24, 2.45) is 0 Å². The van der Waals surface area contributed by atoms with Crippen LogP contribution in [0.2, 0.25) is 0 Å². The van der Waals surface area contributed by atoms with Gasteiger partial charge in [-0.05, 0) is 83.7 Å². The maximum absolute atomic E-state index is 11.8. The number of thiophene rings is 1. The molecule has 0 aliphatic rings. The molecule has 0 aliphatic carbocycles. The van der Waals surface area contributed by atoms with E-state index in [1.54, 1.807) is 17.5 Å². The van der Waals surface area contributed by atoms with E-state index >= 15 is 0 Å². The molecule has 0 N–H and O–H groups in total. The summed E-state index contributed by atoms with van der Waals surface area (Å²) in [6, 6.07) is 10.6. The van der Waals surface area contributed by atoms with E-state index in [4.69, 9.17) is 9.84 Å². The Labute approximate surface area is 200 Å². The summed E-state index contributed by atoms with van der Waals surface area (Å²) in [5, 5.41) is 7.19. The zero-order chi connectivity index (χ0) is 22.5. The molecule has 0 saturated heterocycles. The normalized spacial score (nSPS) is 11.2. The summed E-state index contributed by atoms with van der Waals surface area (Å²) in [4.78, 5) is 17.4. The largest absolute Gasteiger partial charge is 0.466 e. The van der Waals surface area contributed by atoms with Crippen molar-refractivity contribution in [2.45, 2.75) is 46.0 Å². The first kappa shape index (κ1) is 22.7. The van der Waals surface area contributed by atoms with E-state index in [1.807, 2.05) is 13.1 Å². The average molecular weight is 512 g/mol. The molecule has 4 aromatic rings. The number of carbonyl (C=O) groups excluding carboxylic acids is 1. The minimum Gasteiger partial charge on any atom is -0.466 e. The smallest absolute Gasteiger partial charge is 0.305 e. The number of unbranched alkanes of at least 4 members (excludes halogenated alkanes) is 1. The number of halogens is 1. The molecule has 4 rings (SSSR count). The number of hydrogen-bond donors (Lipinski definition) is 0. The Morgan fingerprint density at radius 1 is 1.19 bits per heavy atom. The van der Waals surface area contributed by atoms with Gasteiger partial charge in [-0.15, -0.1) is 11.3 Å². The van der Waals surface area contributed by atoms with Crippen LogP contribution in [0.3, 0.4) is 0 Å². The third-order valence-corrected chi connectivity index (χ3v) is 6.76. The molecule has 0 amide bonds. The van der Waals surface area contributed by atoms with Gasteiger partial charge in [-0.1, -0.05) is 13.0 Å². The van der Waals surface area contributed by atoms with E-state index in [-0.39, 0.29) is 5.97 Å². The highest BCUT2D eigenvalue weighted by Crippen LogP contribution is 2.38. The molecule has 0 atom stereocenters. The number of rotatable bonds is 9. The third-order valence-electron chi connectivity index (χ3n) is 5.45. The molecule has 7 heteroatoms. The highest BCUT2D eigenvalue weighted by atomic mass is 79.9. The first-order valence-corrected chi connectivity index (χ1v) is 12.6. The Kier molecular flexibility index (Phi) is 7.37. The zero-order valence-corrected chi connectivity index (χ0v) is 20.7. The summed E-state index contributed by atoms with van der Waals surface area (Å²) >= 11 is 5.28. The summed E-state index contributed by atoms with van der Waals surface area (Å²) < 4.78 is 8.11. The number of nitrogens with zero attached hydrogens (tertiary/aromatic N) is 3. The van der Waals surface area contributed by atoms with Crippen LogP contribution in [0.25, 0.3) is 27.2 Å². The van der Waals surface area contributed by atoms with E-state index in [0.717, 1.165) is 57.4 Å². The summed E-state index contributed by atoms with van der Waals surface area (Å²) in [5.74, 6) is -0.129. The van der Waals surface area contributed by atoms with Crippen LogP contribution >= 0.6 is 27.3 Å². The zero-order valence-electron chi connectivity index (χ0n) is 18.3. The number of ether oxygens (including phenoxy) is 1. The maximum Gasteiger partial charge on any atom is 0.305 e. The van der Waals surface area contributed by atoms with Gasteiger partial charge in [0, 0.05) is 40.1 Å². The van der Waals surface area contributed by atoms with Gasteiger partial charge in [0.15, 0.2) is 0 Å². The Bertz CT molecular complexity index is 1220. The number of aromatic nitrogens is 3. The lowest BCUT2D eigenvalue weighted by molar-refractivity contribution is -0.143. The van der Waals surface area contributed by atoms with Crippen molar-refractivity contribution < 1.29 is 9.53 Å². The molecule has 0 fully saturated rings. The molecular weight excluding hydrogens is 486 g/mol. The molecule has 0 saturated carbocycles. The van der Waals surface area contributed by atoms with Gasteiger partial charge in [-0.2, -0.15) is 5.10 Å². The Morgan fingerprint density at radius 3 is 2.78 bits per heavy atom. The number of hydrogen-bond acceptors (Lipinski definition) is 5. The number of carbonyl (C=O) groups is 1. The predicted octanol–water partition coefficient (Wildman–Crippen LogP) is 6.73. The van der Waals surface area contributed by atoms with Crippen LogP contribution in [0.4, 0.5) is 0 Å². The van der Waals surface area contributed by atoms with Gasteiger partial charge in [0.1, 0.15) is 5.69 Å². The Morgan fingerprint density at radius 2 is 2.06 bits per heavy atom. The monoisotopic (exact) mass is 511 g/mol. The molecule has 32 heavy (non-hydrogen) atoms. The van der Waals surface area contributed by atoms with E-state index < -0.39 is 0 Å². The fraction of sp³-hybridized carbons (Fsp3) is 0.320. The molecule has 4 heterocycles. The SMILES string of the molecule is CCOC(=O)CCCCc1c(-c2cccs2)nn2c(CC)ccc2c1-c1cncc(Br)c1. The molecule has 0 radical (unpaired) electrons. The van der Waals surface area contributed by atoms with Crippen LogP contribution in [0.5, 0.6) is 0 Å². The molecule has 0 aliphatic heterocycles.